The highest BCUT2D eigenvalue weighted by atomic mass is 28.4. The lowest BCUT2D eigenvalue weighted by atomic mass is 10.0. The summed E-state index contributed by atoms with van der Waals surface area (Å²) in [7, 11) is -3.10. The van der Waals surface area contributed by atoms with E-state index in [1.807, 2.05) is 86.3 Å². The monoisotopic (exact) mass is 718 g/mol. The van der Waals surface area contributed by atoms with Gasteiger partial charge in [0.05, 0.1) is 12.4 Å². The van der Waals surface area contributed by atoms with Gasteiger partial charge in [-0.3, -0.25) is 4.79 Å². The van der Waals surface area contributed by atoms with Gasteiger partial charge in [-0.05, 0) is 71.8 Å². The summed E-state index contributed by atoms with van der Waals surface area (Å²) in [5.74, 6) is -0.204. The van der Waals surface area contributed by atoms with Crippen molar-refractivity contribution in [2.24, 2.45) is 0 Å². The van der Waals surface area contributed by atoms with Crippen LogP contribution in [0.5, 0.6) is 0 Å². The standard InChI is InChI=1S/C44H54N2O5Si/c1-8-30-46(31-28-33-24-26-35(27-25-33)34-18-12-9-13-19-34)41(47)40-39(45-42(48)50-43(2,3)4)38(29-32-49-40)51-52(44(5,6)7,36-20-14-10-15-21-36)37-22-16-11-17-23-37/h9-27,29,32,38-40H,8,28,30-31H2,1-7H3,(H,45,48)/t38-,39-,40?/m1/s1. The first kappa shape index (κ1) is 38.6. The first-order chi connectivity index (χ1) is 24.8. The summed E-state index contributed by atoms with van der Waals surface area (Å²) in [6, 6.07) is 38.6. The Morgan fingerprint density at radius 3 is 1.81 bits per heavy atom. The SMILES string of the molecule is CCCN(CCc1ccc(-c2ccccc2)cc1)C(=O)C1OC=C[C@@H](O[Si](c2ccccc2)(c2ccccc2)C(C)(C)C)[C@H]1NC(=O)OC(C)(C)C. The maximum absolute atomic E-state index is 14.6. The molecule has 1 unspecified atom stereocenters. The van der Waals surface area contributed by atoms with Gasteiger partial charge < -0.3 is 24.1 Å². The summed E-state index contributed by atoms with van der Waals surface area (Å²) < 4.78 is 19.4. The van der Waals surface area contributed by atoms with Gasteiger partial charge in [-0.1, -0.05) is 143 Å². The molecular weight excluding hydrogens is 665 g/mol. The molecule has 5 rings (SSSR count). The van der Waals surface area contributed by atoms with E-state index in [9.17, 15) is 9.59 Å². The molecule has 1 N–H and O–H groups in total. The fourth-order valence-electron chi connectivity index (χ4n) is 6.95. The van der Waals surface area contributed by atoms with Crippen molar-refractivity contribution in [3.05, 3.63) is 133 Å². The van der Waals surface area contributed by atoms with Gasteiger partial charge in [0.15, 0.2) is 6.10 Å². The van der Waals surface area contributed by atoms with Crippen LogP contribution in [0, 0.1) is 0 Å². The molecule has 3 atom stereocenters. The van der Waals surface area contributed by atoms with Crippen molar-refractivity contribution < 1.29 is 23.5 Å². The molecule has 0 fully saturated rings. The molecule has 4 aromatic carbocycles. The molecule has 1 aliphatic heterocycles. The Morgan fingerprint density at radius 1 is 0.750 bits per heavy atom. The first-order valence-corrected chi connectivity index (χ1v) is 20.3. The van der Waals surface area contributed by atoms with Crippen LogP contribution in [-0.2, 0) is 25.1 Å². The fourth-order valence-corrected chi connectivity index (χ4v) is 11.6. The van der Waals surface area contributed by atoms with Gasteiger partial charge in [-0.25, -0.2) is 4.79 Å². The maximum atomic E-state index is 14.6. The Hall–Kier alpha value is -4.66. The van der Waals surface area contributed by atoms with Gasteiger partial charge in [0.1, 0.15) is 11.6 Å². The highest BCUT2D eigenvalue weighted by molar-refractivity contribution is 6.99. The third-order valence-corrected chi connectivity index (χ3v) is 14.4. The lowest BCUT2D eigenvalue weighted by molar-refractivity contribution is -0.144. The summed E-state index contributed by atoms with van der Waals surface area (Å²) in [6.07, 6.45) is 2.46. The molecular formula is C44H54N2O5Si. The summed E-state index contributed by atoms with van der Waals surface area (Å²) in [5, 5.41) is 4.90. The van der Waals surface area contributed by atoms with Gasteiger partial charge in [-0.2, -0.15) is 0 Å². The summed E-state index contributed by atoms with van der Waals surface area (Å²) >= 11 is 0. The lowest BCUT2D eigenvalue weighted by Gasteiger charge is -2.47. The topological polar surface area (TPSA) is 77.1 Å². The van der Waals surface area contributed by atoms with E-state index in [4.69, 9.17) is 13.9 Å². The zero-order valence-electron chi connectivity index (χ0n) is 31.7. The Kier molecular flexibility index (Phi) is 12.4. The van der Waals surface area contributed by atoms with E-state index < -0.39 is 38.3 Å². The van der Waals surface area contributed by atoms with Crippen LogP contribution in [0.2, 0.25) is 5.04 Å². The number of hydrogen-bond donors (Lipinski definition) is 1. The maximum Gasteiger partial charge on any atom is 0.408 e. The molecule has 0 radical (unpaired) electrons. The fraction of sp³-hybridized carbons (Fsp3) is 0.364. The number of hydrogen-bond acceptors (Lipinski definition) is 5. The average molecular weight is 719 g/mol. The van der Waals surface area contributed by atoms with E-state index in [2.05, 4.69) is 93.7 Å². The van der Waals surface area contributed by atoms with Crippen LogP contribution in [0.3, 0.4) is 0 Å². The second-order valence-electron chi connectivity index (χ2n) is 15.4. The minimum absolute atomic E-state index is 0.204. The number of ether oxygens (including phenoxy) is 2. The van der Waals surface area contributed by atoms with E-state index in [1.165, 1.54) is 0 Å². The molecule has 1 heterocycles. The quantitative estimate of drug-likeness (QED) is 0.151. The van der Waals surface area contributed by atoms with Crippen LogP contribution < -0.4 is 15.7 Å². The third kappa shape index (κ3) is 9.22. The molecule has 0 aromatic heterocycles. The summed E-state index contributed by atoms with van der Waals surface area (Å²) in [5.41, 5.74) is 2.71. The molecule has 1 aliphatic rings. The van der Waals surface area contributed by atoms with Crippen molar-refractivity contribution in [3.8, 4) is 11.1 Å². The second kappa shape index (κ2) is 16.8. The molecule has 0 bridgehead atoms. The Bertz CT molecular complexity index is 1730. The number of carbonyl (C=O) groups excluding carboxylic acids is 2. The van der Waals surface area contributed by atoms with Crippen molar-refractivity contribution in [3.63, 3.8) is 0 Å². The minimum Gasteiger partial charge on any atom is -0.486 e. The van der Waals surface area contributed by atoms with Gasteiger partial charge in [0.2, 0.25) is 0 Å². The van der Waals surface area contributed by atoms with E-state index in [1.54, 1.807) is 6.26 Å². The van der Waals surface area contributed by atoms with Gasteiger partial charge >= 0.3 is 6.09 Å². The van der Waals surface area contributed by atoms with E-state index in [0.717, 1.165) is 33.5 Å². The Balaban J connectivity index is 1.47. The lowest BCUT2D eigenvalue weighted by Crippen LogP contribution is -2.70. The zero-order valence-corrected chi connectivity index (χ0v) is 32.7. The molecule has 2 amide bonds. The Labute approximate surface area is 311 Å². The van der Waals surface area contributed by atoms with Crippen LogP contribution >= 0.6 is 0 Å². The van der Waals surface area contributed by atoms with Crippen LogP contribution in [-0.4, -0.2) is 62.2 Å². The number of benzene rings is 4. The number of carbonyl (C=O) groups is 2. The molecule has 8 heteroatoms. The van der Waals surface area contributed by atoms with Gasteiger partial charge in [0.25, 0.3) is 14.2 Å². The van der Waals surface area contributed by atoms with Crippen LogP contribution in [0.25, 0.3) is 11.1 Å². The predicted molar refractivity (Wildman–Crippen MR) is 212 cm³/mol. The van der Waals surface area contributed by atoms with Crippen molar-refractivity contribution in [1.29, 1.82) is 0 Å². The van der Waals surface area contributed by atoms with Crippen molar-refractivity contribution >= 4 is 30.7 Å². The largest absolute Gasteiger partial charge is 0.486 e. The molecule has 52 heavy (non-hydrogen) atoms. The van der Waals surface area contributed by atoms with Crippen molar-refractivity contribution in [2.75, 3.05) is 13.1 Å². The van der Waals surface area contributed by atoms with Crippen molar-refractivity contribution in [2.45, 2.75) is 90.2 Å². The smallest absolute Gasteiger partial charge is 0.408 e. The molecule has 0 saturated heterocycles. The number of nitrogens with one attached hydrogen (secondary N) is 1. The van der Waals surface area contributed by atoms with Crippen LogP contribution in [0.1, 0.15) is 60.5 Å². The second-order valence-corrected chi connectivity index (χ2v) is 19.7. The molecule has 0 aliphatic carbocycles. The molecule has 7 nitrogen and oxygen atoms in total. The summed E-state index contributed by atoms with van der Waals surface area (Å²) in [6.45, 7) is 15.2. The molecule has 0 spiro atoms. The highest BCUT2D eigenvalue weighted by Gasteiger charge is 2.54. The van der Waals surface area contributed by atoms with Gasteiger partial charge in [-0.15, -0.1) is 0 Å². The zero-order chi connectivity index (χ0) is 37.4. The first-order valence-electron chi connectivity index (χ1n) is 18.4. The number of amides is 2. The number of alkyl carbamates (subject to hydrolysis) is 1. The molecule has 0 saturated carbocycles. The number of nitrogens with zero attached hydrogens (tertiary/aromatic N) is 1. The Morgan fingerprint density at radius 2 is 1.29 bits per heavy atom. The average Bonchev–Trinajstić information content (AvgIpc) is 3.12. The third-order valence-electron chi connectivity index (χ3n) is 9.37. The van der Waals surface area contributed by atoms with E-state index in [-0.39, 0.29) is 10.9 Å². The molecule has 274 valence electrons. The predicted octanol–water partition coefficient (Wildman–Crippen LogP) is 7.89. The van der Waals surface area contributed by atoms with Crippen molar-refractivity contribution in [1.82, 2.24) is 10.2 Å². The molecule has 4 aromatic rings. The normalized spacial score (nSPS) is 17.6. The van der Waals surface area contributed by atoms with Gasteiger partial charge in [0, 0.05) is 13.1 Å². The van der Waals surface area contributed by atoms with E-state index in [0.29, 0.717) is 19.5 Å². The van der Waals surface area contributed by atoms with E-state index >= 15 is 0 Å². The minimum atomic E-state index is -3.10. The van der Waals surface area contributed by atoms with Crippen LogP contribution in [0.15, 0.2) is 128 Å². The number of rotatable bonds is 12. The highest BCUT2D eigenvalue weighted by Crippen LogP contribution is 2.39. The van der Waals surface area contributed by atoms with Crippen LogP contribution in [0.4, 0.5) is 4.79 Å². The summed E-state index contributed by atoms with van der Waals surface area (Å²) in [4.78, 5) is 29.9.